The monoisotopic (exact) mass is 362 g/mol. The maximum Gasteiger partial charge on any atom is 0.341 e. The van der Waals surface area contributed by atoms with Crippen molar-refractivity contribution < 1.29 is 24.2 Å². The van der Waals surface area contributed by atoms with Crippen molar-refractivity contribution in [3.8, 4) is 11.5 Å². The van der Waals surface area contributed by atoms with E-state index in [9.17, 15) is 9.59 Å². The Morgan fingerprint density at radius 2 is 2.00 bits per heavy atom. The first-order valence-electron chi connectivity index (χ1n) is 7.38. The maximum absolute atomic E-state index is 12.3. The number of benzene rings is 2. The topological polar surface area (TPSA) is 96.9 Å². The minimum Gasteiger partial charge on any atom is -0.493 e. The quantitative estimate of drug-likeness (QED) is 0.756. The number of amides is 1. The second-order valence-corrected chi connectivity index (χ2v) is 5.71. The van der Waals surface area contributed by atoms with Gasteiger partial charge in [0.15, 0.2) is 18.1 Å². The SMILES string of the molecule is COc1cc([C@@H]2NC(=O)c3ccccc3N2)c(Cl)cc1OCC(=O)O. The highest BCUT2D eigenvalue weighted by molar-refractivity contribution is 6.31. The molecule has 0 radical (unpaired) electrons. The van der Waals surface area contributed by atoms with Crippen LogP contribution in [0.2, 0.25) is 5.02 Å². The number of nitrogens with one attached hydrogen (secondary N) is 2. The Morgan fingerprint density at radius 1 is 1.24 bits per heavy atom. The number of halogens is 1. The largest absolute Gasteiger partial charge is 0.493 e. The lowest BCUT2D eigenvalue weighted by molar-refractivity contribution is -0.139. The molecule has 3 N–H and O–H groups in total. The Balaban J connectivity index is 1.93. The number of carbonyl (C=O) groups excluding carboxylic acids is 1. The molecule has 2 aromatic carbocycles. The third-order valence-corrected chi connectivity index (χ3v) is 4.02. The van der Waals surface area contributed by atoms with Gasteiger partial charge in [-0.05, 0) is 18.2 Å². The number of carbonyl (C=O) groups is 2. The maximum atomic E-state index is 12.3. The standard InChI is InChI=1S/C17H15ClN2O5/c1-24-13-6-10(11(18)7-14(13)25-8-15(21)22)16-19-12-5-3-2-4-9(12)17(23)20-16/h2-7,16,19H,8H2,1H3,(H,20,23)(H,21,22)/t16-/m0/s1. The Morgan fingerprint density at radius 3 is 2.72 bits per heavy atom. The second-order valence-electron chi connectivity index (χ2n) is 5.30. The summed E-state index contributed by atoms with van der Waals surface area (Å²) >= 11 is 6.31. The van der Waals surface area contributed by atoms with Crippen molar-refractivity contribution in [1.29, 1.82) is 0 Å². The summed E-state index contributed by atoms with van der Waals surface area (Å²) in [5.41, 5.74) is 1.81. The van der Waals surface area contributed by atoms with Gasteiger partial charge < -0.3 is 25.2 Å². The first kappa shape index (κ1) is 16.9. The third kappa shape index (κ3) is 3.46. The lowest BCUT2D eigenvalue weighted by Gasteiger charge is -2.29. The van der Waals surface area contributed by atoms with Gasteiger partial charge in [-0.15, -0.1) is 0 Å². The molecule has 1 heterocycles. The molecule has 0 aromatic heterocycles. The molecule has 1 atom stereocenters. The van der Waals surface area contributed by atoms with Crippen LogP contribution >= 0.6 is 11.6 Å². The molecule has 7 nitrogen and oxygen atoms in total. The molecule has 0 fully saturated rings. The fraction of sp³-hybridized carbons (Fsp3) is 0.176. The summed E-state index contributed by atoms with van der Waals surface area (Å²) in [5, 5.41) is 15.1. The molecule has 0 spiro atoms. The minimum atomic E-state index is -1.11. The molecule has 2 aromatic rings. The van der Waals surface area contributed by atoms with Gasteiger partial charge in [-0.25, -0.2) is 4.79 Å². The summed E-state index contributed by atoms with van der Waals surface area (Å²) in [6, 6.07) is 10.2. The zero-order valence-corrected chi connectivity index (χ0v) is 14.0. The molecule has 0 saturated heterocycles. The summed E-state index contributed by atoms with van der Waals surface area (Å²) < 4.78 is 10.4. The zero-order valence-electron chi connectivity index (χ0n) is 13.2. The van der Waals surface area contributed by atoms with Crippen molar-refractivity contribution in [2.45, 2.75) is 6.17 Å². The number of ether oxygens (including phenoxy) is 2. The number of hydrogen-bond donors (Lipinski definition) is 3. The van der Waals surface area contributed by atoms with Crippen LogP contribution in [0.1, 0.15) is 22.1 Å². The molecule has 1 amide bonds. The lowest BCUT2D eigenvalue weighted by Crippen LogP contribution is -2.38. The number of rotatable bonds is 5. The van der Waals surface area contributed by atoms with Crippen molar-refractivity contribution in [1.82, 2.24) is 5.32 Å². The average molecular weight is 363 g/mol. The molecule has 0 aliphatic carbocycles. The van der Waals surface area contributed by atoms with E-state index >= 15 is 0 Å². The normalized spacial score (nSPS) is 15.6. The molecule has 0 unspecified atom stereocenters. The predicted molar refractivity (Wildman–Crippen MR) is 91.4 cm³/mol. The van der Waals surface area contributed by atoms with Gasteiger partial charge >= 0.3 is 5.97 Å². The number of para-hydroxylation sites is 1. The Hall–Kier alpha value is -2.93. The van der Waals surface area contributed by atoms with Crippen LogP contribution in [0.25, 0.3) is 0 Å². The van der Waals surface area contributed by atoms with E-state index in [0.717, 1.165) is 0 Å². The van der Waals surface area contributed by atoms with E-state index in [0.29, 0.717) is 27.6 Å². The number of carboxylic acids is 1. The van der Waals surface area contributed by atoms with E-state index in [1.807, 2.05) is 6.07 Å². The van der Waals surface area contributed by atoms with Crippen LogP contribution in [0.3, 0.4) is 0 Å². The predicted octanol–water partition coefficient (Wildman–Crippen LogP) is 2.67. The van der Waals surface area contributed by atoms with Crippen LogP contribution in [0.15, 0.2) is 36.4 Å². The fourth-order valence-corrected chi connectivity index (χ4v) is 2.81. The van der Waals surface area contributed by atoms with Crippen LogP contribution in [0.4, 0.5) is 5.69 Å². The van der Waals surface area contributed by atoms with Crippen molar-refractivity contribution in [3.63, 3.8) is 0 Å². The number of anilines is 1. The third-order valence-electron chi connectivity index (χ3n) is 3.69. The molecular weight excluding hydrogens is 348 g/mol. The Labute approximate surface area is 148 Å². The summed E-state index contributed by atoms with van der Waals surface area (Å²) in [6.07, 6.45) is -0.558. The summed E-state index contributed by atoms with van der Waals surface area (Å²) in [7, 11) is 1.43. The van der Waals surface area contributed by atoms with Gasteiger partial charge in [0.1, 0.15) is 6.17 Å². The van der Waals surface area contributed by atoms with E-state index in [2.05, 4.69) is 10.6 Å². The van der Waals surface area contributed by atoms with Crippen molar-refractivity contribution in [2.75, 3.05) is 19.0 Å². The van der Waals surface area contributed by atoms with E-state index in [4.69, 9.17) is 26.2 Å². The number of carboxylic acid groups (broad SMARTS) is 1. The van der Waals surface area contributed by atoms with Gasteiger partial charge in [0, 0.05) is 17.3 Å². The number of hydrogen-bond acceptors (Lipinski definition) is 5. The highest BCUT2D eigenvalue weighted by Crippen LogP contribution is 2.37. The molecule has 130 valence electrons. The van der Waals surface area contributed by atoms with E-state index in [-0.39, 0.29) is 11.7 Å². The van der Waals surface area contributed by atoms with Crippen LogP contribution < -0.4 is 20.1 Å². The van der Waals surface area contributed by atoms with Gasteiger partial charge in [0.2, 0.25) is 0 Å². The van der Waals surface area contributed by atoms with E-state index in [1.165, 1.54) is 13.2 Å². The number of aliphatic carboxylic acids is 1. The number of fused-ring (bicyclic) bond motifs is 1. The van der Waals surface area contributed by atoms with Gasteiger partial charge in [0.05, 0.1) is 17.7 Å². The van der Waals surface area contributed by atoms with Crippen LogP contribution in [-0.4, -0.2) is 30.7 Å². The molecule has 1 aliphatic rings. The summed E-state index contributed by atoms with van der Waals surface area (Å²) in [6.45, 7) is -0.516. The molecule has 25 heavy (non-hydrogen) atoms. The van der Waals surface area contributed by atoms with Gasteiger partial charge in [0.25, 0.3) is 5.91 Å². The molecular formula is C17H15ClN2O5. The smallest absolute Gasteiger partial charge is 0.341 e. The first-order chi connectivity index (χ1) is 12.0. The van der Waals surface area contributed by atoms with Crippen LogP contribution in [0, 0.1) is 0 Å². The lowest BCUT2D eigenvalue weighted by atomic mass is 10.1. The highest BCUT2D eigenvalue weighted by atomic mass is 35.5. The van der Waals surface area contributed by atoms with Crippen LogP contribution in [0.5, 0.6) is 11.5 Å². The van der Waals surface area contributed by atoms with Gasteiger partial charge in [-0.3, -0.25) is 4.79 Å². The summed E-state index contributed by atoms with van der Waals surface area (Å²) in [4.78, 5) is 22.9. The van der Waals surface area contributed by atoms with Crippen molar-refractivity contribution in [2.24, 2.45) is 0 Å². The first-order valence-corrected chi connectivity index (χ1v) is 7.76. The minimum absolute atomic E-state index is 0.209. The zero-order chi connectivity index (χ0) is 18.0. The number of methoxy groups -OCH3 is 1. The van der Waals surface area contributed by atoms with E-state index in [1.54, 1.807) is 24.3 Å². The average Bonchev–Trinajstić information content (AvgIpc) is 2.60. The van der Waals surface area contributed by atoms with Crippen molar-refractivity contribution in [3.05, 3.63) is 52.5 Å². The summed E-state index contributed by atoms with van der Waals surface area (Å²) in [5.74, 6) is -0.808. The van der Waals surface area contributed by atoms with E-state index < -0.39 is 18.7 Å². The molecule has 0 bridgehead atoms. The van der Waals surface area contributed by atoms with Crippen molar-refractivity contribution >= 4 is 29.2 Å². The molecule has 0 saturated carbocycles. The Bertz CT molecular complexity index is 840. The molecule has 3 rings (SSSR count). The van der Waals surface area contributed by atoms with Gasteiger partial charge in [-0.1, -0.05) is 23.7 Å². The fourth-order valence-electron chi connectivity index (χ4n) is 2.55. The second kappa shape index (κ2) is 6.90. The van der Waals surface area contributed by atoms with Crippen LogP contribution in [-0.2, 0) is 4.79 Å². The Kier molecular flexibility index (Phi) is 4.67. The molecule has 8 heteroatoms. The van der Waals surface area contributed by atoms with Gasteiger partial charge in [-0.2, -0.15) is 0 Å². The molecule has 1 aliphatic heterocycles. The highest BCUT2D eigenvalue weighted by Gasteiger charge is 2.27.